The molecule has 0 fully saturated rings. The van der Waals surface area contributed by atoms with E-state index in [9.17, 15) is 9.18 Å². The molecule has 15 heavy (non-hydrogen) atoms. The van der Waals surface area contributed by atoms with Crippen LogP contribution in [0.4, 0.5) is 4.39 Å². The molecule has 80 valence electrons. The van der Waals surface area contributed by atoms with Crippen LogP contribution in [0.5, 0.6) is 0 Å². The van der Waals surface area contributed by atoms with Gasteiger partial charge in [0.25, 0.3) is 0 Å². The molecule has 2 nitrogen and oxygen atoms in total. The van der Waals surface area contributed by atoms with Crippen molar-refractivity contribution in [2.75, 3.05) is 0 Å². The maximum atomic E-state index is 13.3. The highest BCUT2D eigenvalue weighted by atomic mass is 19.1. The average molecular weight is 207 g/mol. The molecule has 0 radical (unpaired) electrons. The van der Waals surface area contributed by atoms with Crippen LogP contribution < -0.4 is 5.32 Å². The topological polar surface area (TPSA) is 29.1 Å². The molecule has 1 aromatic rings. The molecular formula is C12H14FNO. The van der Waals surface area contributed by atoms with Gasteiger partial charge in [-0.1, -0.05) is 24.3 Å². The summed E-state index contributed by atoms with van der Waals surface area (Å²) >= 11 is 0. The third-order valence-electron chi connectivity index (χ3n) is 2.05. The van der Waals surface area contributed by atoms with E-state index < -0.39 is 0 Å². The van der Waals surface area contributed by atoms with E-state index in [1.165, 1.54) is 12.1 Å². The Labute approximate surface area is 88.8 Å². The van der Waals surface area contributed by atoms with Crippen LogP contribution in [0, 0.1) is 5.82 Å². The van der Waals surface area contributed by atoms with Crippen molar-refractivity contribution in [2.24, 2.45) is 0 Å². The van der Waals surface area contributed by atoms with E-state index >= 15 is 0 Å². The summed E-state index contributed by atoms with van der Waals surface area (Å²) in [5.41, 5.74) is 0.496. The summed E-state index contributed by atoms with van der Waals surface area (Å²) in [7, 11) is 0. The Kier molecular flexibility index (Phi) is 4.03. The fourth-order valence-electron chi connectivity index (χ4n) is 1.32. The molecule has 1 N–H and O–H groups in total. The molecule has 0 heterocycles. The second-order valence-corrected chi connectivity index (χ2v) is 3.25. The Morgan fingerprint density at radius 3 is 2.73 bits per heavy atom. The second kappa shape index (κ2) is 5.29. The van der Waals surface area contributed by atoms with Crippen molar-refractivity contribution < 1.29 is 9.18 Å². The molecule has 1 amide bonds. The summed E-state index contributed by atoms with van der Waals surface area (Å²) in [4.78, 5) is 11.2. The van der Waals surface area contributed by atoms with Gasteiger partial charge in [-0.2, -0.15) is 0 Å². The van der Waals surface area contributed by atoms with Gasteiger partial charge in [0.05, 0.1) is 6.04 Å². The lowest BCUT2D eigenvalue weighted by Crippen LogP contribution is -2.25. The molecule has 0 unspecified atom stereocenters. The molecule has 0 aliphatic carbocycles. The van der Waals surface area contributed by atoms with Crippen LogP contribution in [0.2, 0.25) is 0 Å². The lowest BCUT2D eigenvalue weighted by Gasteiger charge is -2.13. The third-order valence-corrected chi connectivity index (χ3v) is 2.05. The maximum absolute atomic E-state index is 13.3. The first-order valence-electron chi connectivity index (χ1n) is 4.82. The monoisotopic (exact) mass is 207 g/mol. The zero-order valence-corrected chi connectivity index (χ0v) is 8.83. The van der Waals surface area contributed by atoms with Crippen molar-refractivity contribution >= 4 is 5.91 Å². The summed E-state index contributed by atoms with van der Waals surface area (Å²) in [6, 6.07) is 6.09. The highest BCUT2D eigenvalue weighted by molar-refractivity contribution is 5.87. The number of allylic oxidation sites excluding steroid dienone is 1. The molecule has 1 aromatic carbocycles. The van der Waals surface area contributed by atoms with Gasteiger partial charge in [-0.25, -0.2) is 4.39 Å². The molecule has 1 atom stereocenters. The number of carbonyl (C=O) groups is 1. The first kappa shape index (κ1) is 11.4. The van der Waals surface area contributed by atoms with Crippen molar-refractivity contribution in [3.8, 4) is 0 Å². The van der Waals surface area contributed by atoms with Gasteiger partial charge in [-0.15, -0.1) is 0 Å². The predicted molar refractivity (Wildman–Crippen MR) is 57.8 cm³/mol. The summed E-state index contributed by atoms with van der Waals surface area (Å²) in [5, 5.41) is 2.67. The predicted octanol–water partition coefficient (Wildman–Crippen LogP) is 2.58. The largest absolute Gasteiger partial charge is 0.346 e. The molecule has 3 heteroatoms. The van der Waals surface area contributed by atoms with Crippen LogP contribution in [-0.2, 0) is 4.79 Å². The standard InChI is InChI=1S/C12H14FNO/c1-3-6-12(15)14-9(2)10-7-4-5-8-11(10)13/h3-9H,1-2H3,(H,14,15)/b6-3+/t9-/m1/s1. The molecule has 0 spiro atoms. The van der Waals surface area contributed by atoms with E-state index in [1.54, 1.807) is 38.1 Å². The maximum Gasteiger partial charge on any atom is 0.244 e. The second-order valence-electron chi connectivity index (χ2n) is 3.25. The molecule has 1 rings (SSSR count). The zero-order chi connectivity index (χ0) is 11.3. The molecule has 0 saturated heterocycles. The van der Waals surface area contributed by atoms with Crippen LogP contribution in [0.1, 0.15) is 25.5 Å². The van der Waals surface area contributed by atoms with Crippen LogP contribution in [0.25, 0.3) is 0 Å². The van der Waals surface area contributed by atoms with Gasteiger partial charge in [0.15, 0.2) is 0 Å². The summed E-state index contributed by atoms with van der Waals surface area (Å²) in [6.45, 7) is 3.51. The van der Waals surface area contributed by atoms with Crippen LogP contribution in [0.15, 0.2) is 36.4 Å². The fraction of sp³-hybridized carbons (Fsp3) is 0.250. The van der Waals surface area contributed by atoms with Gasteiger partial charge in [0, 0.05) is 5.56 Å². The normalized spacial score (nSPS) is 12.7. The summed E-state index contributed by atoms with van der Waals surface area (Å²) in [5.74, 6) is -0.515. The number of nitrogens with one attached hydrogen (secondary N) is 1. The van der Waals surface area contributed by atoms with Crippen molar-refractivity contribution in [2.45, 2.75) is 19.9 Å². The van der Waals surface area contributed by atoms with Crippen LogP contribution in [-0.4, -0.2) is 5.91 Å². The number of halogens is 1. The van der Waals surface area contributed by atoms with Crippen molar-refractivity contribution in [3.05, 3.63) is 47.8 Å². The third kappa shape index (κ3) is 3.20. The highest BCUT2D eigenvalue weighted by Crippen LogP contribution is 2.15. The molecule has 0 saturated carbocycles. The van der Waals surface area contributed by atoms with E-state index in [0.29, 0.717) is 5.56 Å². The lowest BCUT2D eigenvalue weighted by molar-refractivity contribution is -0.117. The fourth-order valence-corrected chi connectivity index (χ4v) is 1.32. The number of hydrogen-bond donors (Lipinski definition) is 1. The van der Waals surface area contributed by atoms with E-state index in [2.05, 4.69) is 5.32 Å². The molecule has 0 bridgehead atoms. The average Bonchev–Trinajstić information content (AvgIpc) is 2.18. The Morgan fingerprint density at radius 2 is 2.13 bits per heavy atom. The van der Waals surface area contributed by atoms with Gasteiger partial charge < -0.3 is 5.32 Å². The summed E-state index contributed by atoms with van der Waals surface area (Å²) in [6.07, 6.45) is 3.06. The Bertz CT molecular complexity index is 374. The molecule has 0 aromatic heterocycles. The SMILES string of the molecule is C/C=C/C(=O)N[C@H](C)c1ccccc1F. The van der Waals surface area contributed by atoms with Crippen molar-refractivity contribution in [1.82, 2.24) is 5.32 Å². The van der Waals surface area contributed by atoms with E-state index in [4.69, 9.17) is 0 Å². The van der Waals surface area contributed by atoms with Gasteiger partial charge in [0.2, 0.25) is 5.91 Å². The van der Waals surface area contributed by atoms with Gasteiger partial charge in [-0.05, 0) is 26.0 Å². The Hall–Kier alpha value is -1.64. The molecular weight excluding hydrogens is 193 g/mol. The lowest BCUT2D eigenvalue weighted by atomic mass is 10.1. The number of carbonyl (C=O) groups excluding carboxylic acids is 1. The molecule has 0 aliphatic rings. The van der Waals surface area contributed by atoms with Gasteiger partial charge >= 0.3 is 0 Å². The number of benzene rings is 1. The number of amides is 1. The first-order valence-corrected chi connectivity index (χ1v) is 4.82. The zero-order valence-electron chi connectivity index (χ0n) is 8.83. The van der Waals surface area contributed by atoms with Gasteiger partial charge in [-0.3, -0.25) is 4.79 Å². The minimum absolute atomic E-state index is 0.215. The van der Waals surface area contributed by atoms with Crippen molar-refractivity contribution in [1.29, 1.82) is 0 Å². The van der Waals surface area contributed by atoms with E-state index in [-0.39, 0.29) is 17.8 Å². The van der Waals surface area contributed by atoms with Crippen LogP contribution >= 0.6 is 0 Å². The first-order chi connectivity index (χ1) is 7.15. The minimum atomic E-state index is -0.324. The number of hydrogen-bond acceptors (Lipinski definition) is 1. The van der Waals surface area contributed by atoms with Crippen molar-refractivity contribution in [3.63, 3.8) is 0 Å². The number of rotatable bonds is 3. The quantitative estimate of drug-likeness (QED) is 0.758. The molecule has 0 aliphatic heterocycles. The highest BCUT2D eigenvalue weighted by Gasteiger charge is 2.10. The summed E-state index contributed by atoms with van der Waals surface area (Å²) < 4.78 is 13.3. The van der Waals surface area contributed by atoms with E-state index in [0.717, 1.165) is 0 Å². The minimum Gasteiger partial charge on any atom is -0.346 e. The smallest absolute Gasteiger partial charge is 0.244 e. The van der Waals surface area contributed by atoms with Crippen LogP contribution in [0.3, 0.4) is 0 Å². The van der Waals surface area contributed by atoms with Gasteiger partial charge in [0.1, 0.15) is 5.82 Å². The van der Waals surface area contributed by atoms with E-state index in [1.807, 2.05) is 0 Å². The Morgan fingerprint density at radius 1 is 1.47 bits per heavy atom. The Balaban J connectivity index is 2.73.